The van der Waals surface area contributed by atoms with Gasteiger partial charge in [0.25, 0.3) is 0 Å². The van der Waals surface area contributed by atoms with Crippen LogP contribution in [0.3, 0.4) is 0 Å². The molecular weight excluding hydrogens is 258 g/mol. The van der Waals surface area contributed by atoms with Crippen LogP contribution in [0.1, 0.15) is 26.3 Å². The van der Waals surface area contributed by atoms with E-state index in [-0.39, 0.29) is 23.7 Å². The zero-order chi connectivity index (χ0) is 14.3. The van der Waals surface area contributed by atoms with E-state index in [2.05, 4.69) is 12.2 Å². The topological polar surface area (TPSA) is 49.3 Å². The Bertz CT molecular complexity index is 392. The molecule has 1 amide bonds. The number of benzene rings is 1. The van der Waals surface area contributed by atoms with Crippen molar-refractivity contribution < 1.29 is 9.90 Å². The molecular formula is C15H23NO2S. The van der Waals surface area contributed by atoms with Crippen LogP contribution in [0.15, 0.2) is 24.3 Å². The van der Waals surface area contributed by atoms with E-state index in [1.807, 2.05) is 38.1 Å². The lowest BCUT2D eigenvalue weighted by molar-refractivity contribution is -0.115. The molecule has 1 rings (SSSR count). The third-order valence-corrected chi connectivity index (χ3v) is 4.42. The van der Waals surface area contributed by atoms with Crippen LogP contribution in [0.5, 0.6) is 0 Å². The normalized spacial score (nSPS) is 13.9. The molecule has 2 unspecified atom stereocenters. The van der Waals surface area contributed by atoms with Gasteiger partial charge in [-0.15, -0.1) is 11.8 Å². The number of carbonyl (C=O) groups excluding carboxylic acids is 1. The van der Waals surface area contributed by atoms with E-state index in [4.69, 9.17) is 5.11 Å². The number of aryl methyl sites for hydroxylation is 1. The molecule has 3 nitrogen and oxygen atoms in total. The summed E-state index contributed by atoms with van der Waals surface area (Å²) < 4.78 is 0. The molecule has 0 radical (unpaired) electrons. The van der Waals surface area contributed by atoms with E-state index in [9.17, 15) is 4.79 Å². The summed E-state index contributed by atoms with van der Waals surface area (Å²) in [6, 6.07) is 7.93. The predicted molar refractivity (Wildman–Crippen MR) is 82.6 cm³/mol. The molecule has 0 aliphatic rings. The third-order valence-electron chi connectivity index (χ3n) is 2.94. The fourth-order valence-corrected chi connectivity index (χ4v) is 2.44. The van der Waals surface area contributed by atoms with Crippen molar-refractivity contribution in [1.82, 2.24) is 0 Å². The lowest BCUT2D eigenvalue weighted by Crippen LogP contribution is -2.23. The van der Waals surface area contributed by atoms with E-state index < -0.39 is 0 Å². The molecule has 0 saturated heterocycles. The Hall–Kier alpha value is -1.00. The van der Waals surface area contributed by atoms with Gasteiger partial charge in [0.05, 0.1) is 5.25 Å². The van der Waals surface area contributed by atoms with Gasteiger partial charge >= 0.3 is 0 Å². The minimum Gasteiger partial charge on any atom is -0.396 e. The van der Waals surface area contributed by atoms with E-state index in [0.717, 1.165) is 17.9 Å². The quantitative estimate of drug-likeness (QED) is 0.808. The molecule has 0 fully saturated rings. The highest BCUT2D eigenvalue weighted by molar-refractivity contribution is 8.00. The average Bonchev–Trinajstić information content (AvgIpc) is 2.44. The number of thioether (sulfide) groups is 1. The van der Waals surface area contributed by atoms with Crippen molar-refractivity contribution in [2.24, 2.45) is 5.92 Å². The predicted octanol–water partition coefficient (Wildman–Crippen LogP) is 2.94. The number of nitrogens with one attached hydrogen (secondary N) is 1. The van der Waals surface area contributed by atoms with E-state index in [0.29, 0.717) is 0 Å². The van der Waals surface area contributed by atoms with Crippen LogP contribution >= 0.6 is 11.8 Å². The van der Waals surface area contributed by atoms with Gasteiger partial charge in [-0.25, -0.2) is 0 Å². The highest BCUT2D eigenvalue weighted by Gasteiger charge is 2.14. The number of hydrogen-bond acceptors (Lipinski definition) is 3. The molecule has 4 heteroatoms. The number of rotatable bonds is 7. The van der Waals surface area contributed by atoms with Crippen molar-refractivity contribution >= 4 is 23.4 Å². The fourth-order valence-electron chi connectivity index (χ4n) is 1.50. The van der Waals surface area contributed by atoms with E-state index in [1.165, 1.54) is 5.56 Å². The monoisotopic (exact) mass is 281 g/mol. The minimum atomic E-state index is -0.111. The average molecular weight is 281 g/mol. The fraction of sp³-hybridized carbons (Fsp3) is 0.533. The second-order valence-corrected chi connectivity index (χ2v) is 6.18. The maximum Gasteiger partial charge on any atom is 0.237 e. The van der Waals surface area contributed by atoms with Gasteiger partial charge in [0.1, 0.15) is 0 Å². The lowest BCUT2D eigenvalue weighted by Gasteiger charge is -2.14. The van der Waals surface area contributed by atoms with Gasteiger partial charge in [-0.1, -0.05) is 26.0 Å². The van der Waals surface area contributed by atoms with E-state index >= 15 is 0 Å². The van der Waals surface area contributed by atoms with Crippen LogP contribution in [0.2, 0.25) is 0 Å². The molecule has 0 aliphatic heterocycles. The second kappa shape index (κ2) is 8.23. The zero-order valence-electron chi connectivity index (χ0n) is 11.8. The summed E-state index contributed by atoms with van der Waals surface area (Å²) in [6.07, 6.45) is 1.000. The van der Waals surface area contributed by atoms with Crippen molar-refractivity contribution in [3.05, 3.63) is 29.8 Å². The molecule has 1 aromatic rings. The maximum absolute atomic E-state index is 12.0. The van der Waals surface area contributed by atoms with Crippen molar-refractivity contribution in [1.29, 1.82) is 0 Å². The van der Waals surface area contributed by atoms with Crippen LogP contribution in [-0.2, 0) is 11.2 Å². The first-order valence-corrected chi connectivity index (χ1v) is 7.74. The summed E-state index contributed by atoms with van der Waals surface area (Å²) in [4.78, 5) is 12.0. The van der Waals surface area contributed by atoms with Gasteiger partial charge < -0.3 is 10.4 Å². The van der Waals surface area contributed by atoms with Crippen LogP contribution in [0.4, 0.5) is 5.69 Å². The van der Waals surface area contributed by atoms with Crippen molar-refractivity contribution in [3.8, 4) is 0 Å². The van der Waals surface area contributed by atoms with Gasteiger partial charge in [0.15, 0.2) is 0 Å². The van der Waals surface area contributed by atoms with Gasteiger partial charge in [-0.3, -0.25) is 4.79 Å². The second-order valence-electron chi connectivity index (χ2n) is 4.80. The molecule has 2 N–H and O–H groups in total. The van der Waals surface area contributed by atoms with Crippen LogP contribution in [0, 0.1) is 5.92 Å². The molecule has 2 atom stereocenters. The SMILES string of the molecule is CCc1ccc(NC(=O)C(C)SCC(C)CO)cc1. The number of hydrogen-bond donors (Lipinski definition) is 2. The highest BCUT2D eigenvalue weighted by Crippen LogP contribution is 2.17. The van der Waals surface area contributed by atoms with E-state index in [1.54, 1.807) is 11.8 Å². The summed E-state index contributed by atoms with van der Waals surface area (Å²) in [7, 11) is 0. The van der Waals surface area contributed by atoms with Crippen LogP contribution in [-0.4, -0.2) is 28.6 Å². The Morgan fingerprint density at radius 1 is 1.32 bits per heavy atom. The first-order valence-electron chi connectivity index (χ1n) is 6.69. The lowest BCUT2D eigenvalue weighted by atomic mass is 10.1. The summed E-state index contributed by atoms with van der Waals surface area (Å²) in [5.41, 5.74) is 2.10. The number of aliphatic hydroxyl groups excluding tert-OH is 1. The largest absolute Gasteiger partial charge is 0.396 e. The number of carbonyl (C=O) groups is 1. The smallest absolute Gasteiger partial charge is 0.237 e. The third kappa shape index (κ3) is 5.66. The maximum atomic E-state index is 12.0. The number of aliphatic hydroxyl groups is 1. The molecule has 0 aliphatic carbocycles. The van der Waals surface area contributed by atoms with Gasteiger partial charge in [0.2, 0.25) is 5.91 Å². The Morgan fingerprint density at radius 2 is 1.95 bits per heavy atom. The van der Waals surface area contributed by atoms with Crippen LogP contribution in [0.25, 0.3) is 0 Å². The molecule has 1 aromatic carbocycles. The minimum absolute atomic E-state index is 0.0133. The van der Waals surface area contributed by atoms with Gasteiger partial charge in [0, 0.05) is 12.3 Å². The molecule has 0 bridgehead atoms. The number of amides is 1. The standard InChI is InChI=1S/C15H23NO2S/c1-4-13-5-7-14(8-6-13)16-15(18)12(3)19-10-11(2)9-17/h5-8,11-12,17H,4,9-10H2,1-3H3,(H,16,18). The van der Waals surface area contributed by atoms with Crippen molar-refractivity contribution in [3.63, 3.8) is 0 Å². The van der Waals surface area contributed by atoms with Crippen LogP contribution < -0.4 is 5.32 Å². The molecule has 19 heavy (non-hydrogen) atoms. The first-order chi connectivity index (χ1) is 9.06. The molecule has 106 valence electrons. The summed E-state index contributed by atoms with van der Waals surface area (Å²) in [5, 5.41) is 11.8. The van der Waals surface area contributed by atoms with Crippen molar-refractivity contribution in [2.75, 3.05) is 17.7 Å². The summed E-state index contributed by atoms with van der Waals surface area (Å²) in [5.74, 6) is 1.03. The number of anilines is 1. The summed E-state index contributed by atoms with van der Waals surface area (Å²) in [6.45, 7) is 6.14. The Kier molecular flexibility index (Phi) is 6.95. The van der Waals surface area contributed by atoms with Gasteiger partial charge in [-0.2, -0.15) is 0 Å². The molecule has 0 saturated carbocycles. The summed E-state index contributed by atoms with van der Waals surface area (Å²) >= 11 is 1.57. The Labute approximate surface area is 119 Å². The molecule has 0 spiro atoms. The Morgan fingerprint density at radius 3 is 2.47 bits per heavy atom. The van der Waals surface area contributed by atoms with Crippen molar-refractivity contribution in [2.45, 2.75) is 32.4 Å². The molecule has 0 heterocycles. The Balaban J connectivity index is 2.44. The zero-order valence-corrected chi connectivity index (χ0v) is 12.7. The van der Waals surface area contributed by atoms with Gasteiger partial charge in [-0.05, 0) is 42.7 Å². The molecule has 0 aromatic heterocycles. The first kappa shape index (κ1) is 16.1. The highest BCUT2D eigenvalue weighted by atomic mass is 32.2.